The molecule has 28 heavy (non-hydrogen) atoms. The zero-order chi connectivity index (χ0) is 18.7. The number of imidazole rings is 1. The predicted octanol–water partition coefficient (Wildman–Crippen LogP) is 3.97. The monoisotopic (exact) mass is 377 g/mol. The number of para-hydroxylation sites is 1. The molecule has 3 fully saturated rings. The van der Waals surface area contributed by atoms with Crippen molar-refractivity contribution in [2.45, 2.75) is 57.1 Å². The minimum absolute atomic E-state index is 0.293. The zero-order valence-corrected chi connectivity index (χ0v) is 16.3. The molecule has 146 valence electrons. The molecule has 0 atom stereocenters. The van der Waals surface area contributed by atoms with Gasteiger partial charge in [0.25, 0.3) is 0 Å². The molecule has 3 heterocycles. The fourth-order valence-corrected chi connectivity index (χ4v) is 5.17. The van der Waals surface area contributed by atoms with Crippen molar-refractivity contribution in [3.8, 4) is 17.0 Å². The van der Waals surface area contributed by atoms with Gasteiger partial charge in [-0.2, -0.15) is 0 Å². The summed E-state index contributed by atoms with van der Waals surface area (Å²) in [7, 11) is 0. The van der Waals surface area contributed by atoms with Crippen molar-refractivity contribution < 1.29 is 9.53 Å². The Bertz CT molecular complexity index is 918. The fourth-order valence-electron chi connectivity index (χ4n) is 5.17. The van der Waals surface area contributed by atoms with Gasteiger partial charge in [0.1, 0.15) is 5.75 Å². The average Bonchev–Trinajstić information content (AvgIpc) is 3.44. The van der Waals surface area contributed by atoms with Crippen LogP contribution in [0.4, 0.5) is 0 Å². The van der Waals surface area contributed by atoms with Crippen LogP contribution in [0.3, 0.4) is 0 Å². The number of amides is 1. The lowest BCUT2D eigenvalue weighted by atomic mass is 9.82. The van der Waals surface area contributed by atoms with E-state index in [0.717, 1.165) is 68.2 Å². The van der Waals surface area contributed by atoms with E-state index < -0.39 is 0 Å². The first-order chi connectivity index (χ1) is 13.7. The molecule has 1 saturated heterocycles. The van der Waals surface area contributed by atoms with E-state index in [1.165, 1.54) is 25.0 Å². The lowest BCUT2D eigenvalue weighted by Crippen LogP contribution is -2.50. The molecule has 6 rings (SSSR count). The Hall–Kier alpha value is -2.30. The highest BCUT2D eigenvalue weighted by Gasteiger charge is 2.48. The molecule has 1 amide bonds. The second kappa shape index (κ2) is 6.10. The first kappa shape index (κ1) is 16.6. The van der Waals surface area contributed by atoms with Gasteiger partial charge in [0.15, 0.2) is 5.60 Å². The van der Waals surface area contributed by atoms with Crippen molar-refractivity contribution in [1.29, 1.82) is 0 Å². The SMILES string of the molecule is O=C(C1CC1)N1CCC2(CC1)Oc1ccccc1-c1ncn(CC3CCC3)c12. The summed E-state index contributed by atoms with van der Waals surface area (Å²) in [5.41, 5.74) is 3.08. The lowest BCUT2D eigenvalue weighted by Gasteiger charge is -2.45. The van der Waals surface area contributed by atoms with Gasteiger partial charge in [-0.3, -0.25) is 4.79 Å². The molecular formula is C23H27N3O2. The standard InChI is InChI=1S/C23H27N3O2/c27-22(17-8-9-17)25-12-10-23(11-13-25)21-20(18-6-1-2-7-19(18)28-23)24-15-26(21)14-16-4-3-5-16/h1-2,6-7,15-17H,3-5,8-14H2. The van der Waals surface area contributed by atoms with Crippen molar-refractivity contribution in [3.63, 3.8) is 0 Å². The number of hydrogen-bond acceptors (Lipinski definition) is 3. The van der Waals surface area contributed by atoms with Crippen LogP contribution in [0.2, 0.25) is 0 Å². The van der Waals surface area contributed by atoms with Crippen molar-refractivity contribution in [1.82, 2.24) is 14.5 Å². The zero-order valence-electron chi connectivity index (χ0n) is 16.3. The molecule has 1 aromatic heterocycles. The first-order valence-corrected chi connectivity index (χ1v) is 10.9. The van der Waals surface area contributed by atoms with Crippen LogP contribution in [-0.4, -0.2) is 33.4 Å². The highest BCUT2D eigenvalue weighted by Crippen LogP contribution is 2.49. The van der Waals surface area contributed by atoms with Gasteiger partial charge in [-0.1, -0.05) is 18.6 Å². The number of ether oxygens (including phenoxy) is 1. The van der Waals surface area contributed by atoms with Gasteiger partial charge in [-0.15, -0.1) is 0 Å². The number of fused-ring (bicyclic) bond motifs is 4. The molecule has 5 heteroatoms. The number of likely N-dealkylation sites (tertiary alicyclic amines) is 1. The highest BCUT2D eigenvalue weighted by molar-refractivity contribution is 5.81. The number of carbonyl (C=O) groups is 1. The Morgan fingerprint density at radius 1 is 1.14 bits per heavy atom. The van der Waals surface area contributed by atoms with Gasteiger partial charge in [0, 0.05) is 44.0 Å². The molecule has 4 aliphatic rings. The van der Waals surface area contributed by atoms with Crippen LogP contribution in [0.1, 0.15) is 50.6 Å². The van der Waals surface area contributed by atoms with E-state index in [2.05, 4.69) is 27.7 Å². The Morgan fingerprint density at radius 3 is 2.64 bits per heavy atom. The largest absolute Gasteiger partial charge is 0.480 e. The van der Waals surface area contributed by atoms with Gasteiger partial charge >= 0.3 is 0 Å². The highest BCUT2D eigenvalue weighted by atomic mass is 16.5. The van der Waals surface area contributed by atoms with Gasteiger partial charge < -0.3 is 14.2 Å². The summed E-state index contributed by atoms with van der Waals surface area (Å²) in [5, 5.41) is 0. The van der Waals surface area contributed by atoms with E-state index in [1.54, 1.807) is 0 Å². The summed E-state index contributed by atoms with van der Waals surface area (Å²) < 4.78 is 9.09. The van der Waals surface area contributed by atoms with Crippen LogP contribution in [0, 0.1) is 11.8 Å². The van der Waals surface area contributed by atoms with Gasteiger partial charge in [0.2, 0.25) is 5.91 Å². The summed E-state index contributed by atoms with van der Waals surface area (Å²) in [6, 6.07) is 8.28. The summed E-state index contributed by atoms with van der Waals surface area (Å²) in [4.78, 5) is 19.5. The molecule has 2 saturated carbocycles. The average molecular weight is 377 g/mol. The molecule has 0 unspecified atom stereocenters. The second-order valence-corrected chi connectivity index (χ2v) is 9.08. The predicted molar refractivity (Wildman–Crippen MR) is 106 cm³/mol. The van der Waals surface area contributed by atoms with Crippen LogP contribution >= 0.6 is 0 Å². The third-order valence-corrected chi connectivity index (χ3v) is 7.21. The maximum Gasteiger partial charge on any atom is 0.225 e. The van der Waals surface area contributed by atoms with Crippen LogP contribution in [-0.2, 0) is 16.9 Å². The summed E-state index contributed by atoms with van der Waals surface area (Å²) in [6.07, 6.45) is 9.86. The molecule has 2 aromatic rings. The molecule has 2 aliphatic heterocycles. The normalized spacial score (nSPS) is 22.9. The number of benzene rings is 1. The fraction of sp³-hybridized carbons (Fsp3) is 0.565. The summed E-state index contributed by atoms with van der Waals surface area (Å²) >= 11 is 0. The number of aromatic nitrogens is 2. The smallest absolute Gasteiger partial charge is 0.225 e. The first-order valence-electron chi connectivity index (χ1n) is 10.9. The Balaban J connectivity index is 1.36. The lowest BCUT2D eigenvalue weighted by molar-refractivity contribution is -0.136. The van der Waals surface area contributed by atoms with Crippen molar-refractivity contribution >= 4 is 5.91 Å². The van der Waals surface area contributed by atoms with Crippen molar-refractivity contribution in [3.05, 3.63) is 36.3 Å². The van der Waals surface area contributed by atoms with Gasteiger partial charge in [-0.25, -0.2) is 4.98 Å². The number of rotatable bonds is 3. The van der Waals surface area contributed by atoms with Crippen LogP contribution in [0.25, 0.3) is 11.3 Å². The third kappa shape index (κ3) is 2.51. The van der Waals surface area contributed by atoms with E-state index >= 15 is 0 Å². The van der Waals surface area contributed by atoms with Crippen LogP contribution < -0.4 is 4.74 Å². The van der Waals surface area contributed by atoms with Crippen molar-refractivity contribution in [2.75, 3.05) is 13.1 Å². The van der Waals surface area contributed by atoms with Crippen molar-refractivity contribution in [2.24, 2.45) is 11.8 Å². The molecule has 0 radical (unpaired) electrons. The quantitative estimate of drug-likeness (QED) is 0.813. The van der Waals surface area contributed by atoms with E-state index in [-0.39, 0.29) is 5.60 Å². The molecule has 0 N–H and O–H groups in total. The third-order valence-electron chi connectivity index (χ3n) is 7.21. The van der Waals surface area contributed by atoms with Gasteiger partial charge in [-0.05, 0) is 43.7 Å². The molecular weight excluding hydrogens is 350 g/mol. The van der Waals surface area contributed by atoms with E-state index in [1.807, 2.05) is 12.4 Å². The second-order valence-electron chi connectivity index (χ2n) is 9.08. The number of carbonyl (C=O) groups excluding carboxylic acids is 1. The maximum absolute atomic E-state index is 12.6. The Labute approximate surface area is 165 Å². The molecule has 5 nitrogen and oxygen atoms in total. The van der Waals surface area contributed by atoms with Crippen LogP contribution in [0.15, 0.2) is 30.6 Å². The number of hydrogen-bond donors (Lipinski definition) is 0. The topological polar surface area (TPSA) is 47.4 Å². The number of nitrogens with zero attached hydrogens (tertiary/aromatic N) is 3. The number of piperidine rings is 1. The Morgan fingerprint density at radius 2 is 1.93 bits per heavy atom. The minimum atomic E-state index is -0.357. The molecule has 2 aliphatic carbocycles. The van der Waals surface area contributed by atoms with E-state index in [4.69, 9.17) is 9.72 Å². The van der Waals surface area contributed by atoms with Gasteiger partial charge in [0.05, 0.1) is 17.7 Å². The van der Waals surface area contributed by atoms with E-state index in [9.17, 15) is 4.79 Å². The Kier molecular flexibility index (Phi) is 3.62. The summed E-state index contributed by atoms with van der Waals surface area (Å²) in [5.74, 6) is 2.35. The summed E-state index contributed by atoms with van der Waals surface area (Å²) in [6.45, 7) is 2.61. The van der Waals surface area contributed by atoms with E-state index in [0.29, 0.717) is 11.8 Å². The maximum atomic E-state index is 12.6. The molecule has 1 aromatic carbocycles. The van der Waals surface area contributed by atoms with Crippen LogP contribution in [0.5, 0.6) is 5.75 Å². The minimum Gasteiger partial charge on any atom is -0.480 e. The molecule has 0 bridgehead atoms. The molecule has 1 spiro atoms.